The maximum atomic E-state index is 12.5. The predicted octanol–water partition coefficient (Wildman–Crippen LogP) is 3.90. The zero-order valence-electron chi connectivity index (χ0n) is 14.1. The monoisotopic (exact) mass is 352 g/mol. The van der Waals surface area contributed by atoms with E-state index in [1.807, 2.05) is 0 Å². The van der Waals surface area contributed by atoms with Crippen LogP contribution in [0.2, 0.25) is 5.02 Å². The van der Waals surface area contributed by atoms with Crippen LogP contribution in [0, 0.1) is 5.92 Å². The van der Waals surface area contributed by atoms with Gasteiger partial charge >= 0.3 is 6.03 Å². The first-order valence-electron chi connectivity index (χ1n) is 8.64. The summed E-state index contributed by atoms with van der Waals surface area (Å²) in [6.45, 7) is 3.40. The van der Waals surface area contributed by atoms with Crippen molar-refractivity contribution < 1.29 is 14.6 Å². The van der Waals surface area contributed by atoms with Gasteiger partial charge < -0.3 is 20.1 Å². The molecule has 1 unspecified atom stereocenters. The van der Waals surface area contributed by atoms with Crippen LogP contribution in [-0.4, -0.2) is 41.3 Å². The van der Waals surface area contributed by atoms with Crippen LogP contribution in [0.1, 0.15) is 39.0 Å². The maximum absolute atomic E-state index is 12.5. The van der Waals surface area contributed by atoms with Gasteiger partial charge in [-0.2, -0.15) is 0 Å². The lowest BCUT2D eigenvalue weighted by molar-refractivity contribution is -0.000641. The molecule has 1 aromatic carbocycles. The number of benzene rings is 1. The molecule has 6 heteroatoms. The second-order valence-electron chi connectivity index (χ2n) is 7.20. The molecule has 1 aromatic rings. The van der Waals surface area contributed by atoms with Gasteiger partial charge in [-0.3, -0.25) is 0 Å². The van der Waals surface area contributed by atoms with Gasteiger partial charge in [0.1, 0.15) is 5.75 Å². The summed E-state index contributed by atoms with van der Waals surface area (Å²) in [5.74, 6) is 1.25. The van der Waals surface area contributed by atoms with E-state index in [0.29, 0.717) is 48.5 Å². The number of carbonyl (C=O) groups excluding carboxylic acids is 1. The molecule has 0 aromatic heterocycles. The Morgan fingerprint density at radius 1 is 1.46 bits per heavy atom. The lowest BCUT2D eigenvalue weighted by Crippen LogP contribution is -2.50. The highest BCUT2D eigenvalue weighted by Crippen LogP contribution is 2.32. The van der Waals surface area contributed by atoms with Gasteiger partial charge in [0.15, 0.2) is 0 Å². The van der Waals surface area contributed by atoms with Gasteiger partial charge in [-0.1, -0.05) is 18.0 Å². The number of hydrogen-bond acceptors (Lipinski definition) is 3. The number of urea groups is 1. The normalized spacial score (nSPS) is 24.4. The van der Waals surface area contributed by atoms with Crippen LogP contribution in [0.15, 0.2) is 18.2 Å². The molecular formula is C18H25ClN2O3. The maximum Gasteiger partial charge on any atom is 0.322 e. The SMILES string of the molecule is CC1(O)CCCN(C(=O)Nc2cc(Cl)ccc2OCC2CCC2)C1. The quantitative estimate of drug-likeness (QED) is 0.863. The standard InChI is InChI=1S/C18H25ClN2O3/c1-18(23)8-3-9-21(12-18)17(22)20-15-10-14(19)6-7-16(15)24-11-13-4-2-5-13/h6-7,10,13,23H,2-5,8-9,11-12H2,1H3,(H,20,22). The molecule has 24 heavy (non-hydrogen) atoms. The van der Waals surface area contributed by atoms with Gasteiger partial charge in [0.25, 0.3) is 0 Å². The Morgan fingerprint density at radius 2 is 2.25 bits per heavy atom. The van der Waals surface area contributed by atoms with Gasteiger partial charge in [-0.25, -0.2) is 4.79 Å². The van der Waals surface area contributed by atoms with Crippen molar-refractivity contribution >= 4 is 23.3 Å². The predicted molar refractivity (Wildman–Crippen MR) is 94.7 cm³/mol. The highest BCUT2D eigenvalue weighted by atomic mass is 35.5. The van der Waals surface area contributed by atoms with Crippen LogP contribution >= 0.6 is 11.6 Å². The molecule has 1 aliphatic carbocycles. The summed E-state index contributed by atoms with van der Waals surface area (Å²) in [6.07, 6.45) is 5.19. The average Bonchev–Trinajstić information content (AvgIpc) is 2.46. The molecular weight excluding hydrogens is 328 g/mol. The number of hydrogen-bond donors (Lipinski definition) is 2. The minimum atomic E-state index is -0.826. The third-order valence-electron chi connectivity index (χ3n) is 4.84. The number of nitrogens with one attached hydrogen (secondary N) is 1. The van der Waals surface area contributed by atoms with Crippen molar-refractivity contribution in [3.63, 3.8) is 0 Å². The summed E-state index contributed by atoms with van der Waals surface area (Å²) in [5, 5.41) is 13.6. The fourth-order valence-corrected chi connectivity index (χ4v) is 3.35. The molecule has 1 saturated heterocycles. The average molecular weight is 353 g/mol. The van der Waals surface area contributed by atoms with E-state index in [0.717, 1.165) is 6.42 Å². The molecule has 0 radical (unpaired) electrons. The van der Waals surface area contributed by atoms with Crippen molar-refractivity contribution in [3.05, 3.63) is 23.2 Å². The van der Waals surface area contributed by atoms with E-state index in [4.69, 9.17) is 16.3 Å². The van der Waals surface area contributed by atoms with Crippen molar-refractivity contribution in [2.24, 2.45) is 5.92 Å². The Hall–Kier alpha value is -1.46. The number of halogens is 1. The van der Waals surface area contributed by atoms with Crippen LogP contribution in [0.5, 0.6) is 5.75 Å². The number of anilines is 1. The Kier molecular flexibility index (Phi) is 5.21. The van der Waals surface area contributed by atoms with E-state index in [1.165, 1.54) is 19.3 Å². The van der Waals surface area contributed by atoms with Crippen LogP contribution < -0.4 is 10.1 Å². The minimum Gasteiger partial charge on any atom is -0.491 e. The Morgan fingerprint density at radius 3 is 2.92 bits per heavy atom. The van der Waals surface area contributed by atoms with E-state index in [1.54, 1.807) is 30.0 Å². The molecule has 2 N–H and O–H groups in total. The smallest absolute Gasteiger partial charge is 0.322 e. The van der Waals surface area contributed by atoms with E-state index in [-0.39, 0.29) is 6.03 Å². The number of aliphatic hydroxyl groups is 1. The number of piperidine rings is 1. The lowest BCUT2D eigenvalue weighted by atomic mass is 9.86. The summed E-state index contributed by atoms with van der Waals surface area (Å²) in [7, 11) is 0. The molecule has 3 rings (SSSR count). The second kappa shape index (κ2) is 7.19. The van der Waals surface area contributed by atoms with Crippen molar-refractivity contribution in [3.8, 4) is 5.75 Å². The Balaban J connectivity index is 1.66. The molecule has 2 amide bonds. The van der Waals surface area contributed by atoms with E-state index in [2.05, 4.69) is 5.32 Å². The first kappa shape index (κ1) is 17.4. The van der Waals surface area contributed by atoms with Gasteiger partial charge in [0, 0.05) is 11.6 Å². The van der Waals surface area contributed by atoms with Gasteiger partial charge in [-0.15, -0.1) is 0 Å². The van der Waals surface area contributed by atoms with E-state index >= 15 is 0 Å². The molecule has 1 heterocycles. The van der Waals surface area contributed by atoms with Crippen LogP contribution in [0.3, 0.4) is 0 Å². The molecule has 2 fully saturated rings. The molecule has 0 bridgehead atoms. The first-order chi connectivity index (χ1) is 11.4. The van der Waals surface area contributed by atoms with Gasteiger partial charge in [0.2, 0.25) is 0 Å². The highest BCUT2D eigenvalue weighted by molar-refractivity contribution is 6.31. The summed E-state index contributed by atoms with van der Waals surface area (Å²) in [4.78, 5) is 14.2. The molecule has 1 aliphatic heterocycles. The molecule has 0 spiro atoms. The van der Waals surface area contributed by atoms with Crippen molar-refractivity contribution in [1.82, 2.24) is 4.90 Å². The Bertz CT molecular complexity index is 602. The number of nitrogens with zero attached hydrogens (tertiary/aromatic N) is 1. The first-order valence-corrected chi connectivity index (χ1v) is 9.01. The summed E-state index contributed by atoms with van der Waals surface area (Å²) in [5.41, 5.74) is -0.245. The lowest BCUT2D eigenvalue weighted by Gasteiger charge is -2.36. The topological polar surface area (TPSA) is 61.8 Å². The zero-order valence-corrected chi connectivity index (χ0v) is 14.8. The number of ether oxygens (including phenoxy) is 1. The third kappa shape index (κ3) is 4.33. The molecule has 1 saturated carbocycles. The molecule has 5 nitrogen and oxygen atoms in total. The highest BCUT2D eigenvalue weighted by Gasteiger charge is 2.31. The van der Waals surface area contributed by atoms with Gasteiger partial charge in [-0.05, 0) is 56.7 Å². The summed E-state index contributed by atoms with van der Waals surface area (Å²) in [6, 6.07) is 5.03. The van der Waals surface area contributed by atoms with Crippen LogP contribution in [0.4, 0.5) is 10.5 Å². The van der Waals surface area contributed by atoms with E-state index < -0.39 is 5.60 Å². The number of likely N-dealkylation sites (tertiary alicyclic amines) is 1. The largest absolute Gasteiger partial charge is 0.491 e. The summed E-state index contributed by atoms with van der Waals surface area (Å²) >= 11 is 6.07. The van der Waals surface area contributed by atoms with E-state index in [9.17, 15) is 9.90 Å². The van der Waals surface area contributed by atoms with Crippen LogP contribution in [-0.2, 0) is 0 Å². The number of amides is 2. The number of β-amino-alcohol motifs (C(OH)–C–C–N with tert-alkyl or cyclic N) is 1. The zero-order chi connectivity index (χ0) is 17.2. The Labute approximate surface area is 147 Å². The van der Waals surface area contributed by atoms with Gasteiger partial charge in [0.05, 0.1) is 24.4 Å². The molecule has 2 aliphatic rings. The fourth-order valence-electron chi connectivity index (χ4n) is 3.18. The number of carbonyl (C=O) groups is 1. The molecule has 132 valence electrons. The third-order valence-corrected chi connectivity index (χ3v) is 5.08. The fraction of sp³-hybridized carbons (Fsp3) is 0.611. The van der Waals surface area contributed by atoms with Crippen molar-refractivity contribution in [2.75, 3.05) is 25.0 Å². The minimum absolute atomic E-state index is 0.231. The molecule has 1 atom stereocenters. The van der Waals surface area contributed by atoms with Crippen molar-refractivity contribution in [2.45, 2.75) is 44.6 Å². The van der Waals surface area contributed by atoms with Crippen LogP contribution in [0.25, 0.3) is 0 Å². The number of rotatable bonds is 4. The summed E-state index contributed by atoms with van der Waals surface area (Å²) < 4.78 is 5.88. The van der Waals surface area contributed by atoms with Crippen molar-refractivity contribution in [1.29, 1.82) is 0 Å². The second-order valence-corrected chi connectivity index (χ2v) is 7.64.